The van der Waals surface area contributed by atoms with Crippen molar-refractivity contribution in [3.63, 3.8) is 0 Å². The second-order valence-electron chi connectivity index (χ2n) is 4.49. The molecular weight excluding hydrogens is 250 g/mol. The lowest BCUT2D eigenvalue weighted by Crippen LogP contribution is -2.30. The van der Waals surface area contributed by atoms with Gasteiger partial charge in [-0.2, -0.15) is 0 Å². The normalized spacial score (nSPS) is 30.9. The van der Waals surface area contributed by atoms with Crippen LogP contribution in [0.25, 0.3) is 11.8 Å². The van der Waals surface area contributed by atoms with Gasteiger partial charge in [0, 0.05) is 12.6 Å². The molecular formula is C13H15NO3S. The number of fused-ring (bicyclic) bond motifs is 1. The Kier molecular flexibility index (Phi) is 2.99. The molecule has 2 aliphatic heterocycles. The average Bonchev–Trinajstić information content (AvgIpc) is 2.96. The molecule has 0 amide bonds. The van der Waals surface area contributed by atoms with Crippen molar-refractivity contribution in [3.05, 3.63) is 34.7 Å². The number of aliphatic hydroxyl groups is 2. The summed E-state index contributed by atoms with van der Waals surface area (Å²) >= 11 is 1.64. The number of thiophene rings is 1. The van der Waals surface area contributed by atoms with Crippen molar-refractivity contribution in [3.8, 4) is 0 Å². The fourth-order valence-electron chi connectivity index (χ4n) is 2.37. The number of hydrogen-bond acceptors (Lipinski definition) is 5. The van der Waals surface area contributed by atoms with Gasteiger partial charge in [-0.3, -0.25) is 0 Å². The van der Waals surface area contributed by atoms with Crippen molar-refractivity contribution in [1.82, 2.24) is 4.90 Å². The van der Waals surface area contributed by atoms with E-state index in [2.05, 4.69) is 12.6 Å². The van der Waals surface area contributed by atoms with E-state index < -0.39 is 12.2 Å². The first-order valence-electron chi connectivity index (χ1n) is 5.88. The van der Waals surface area contributed by atoms with Gasteiger partial charge in [-0.1, -0.05) is 6.58 Å². The van der Waals surface area contributed by atoms with Crippen LogP contribution >= 0.6 is 11.3 Å². The Morgan fingerprint density at radius 1 is 1.56 bits per heavy atom. The van der Waals surface area contributed by atoms with Crippen molar-refractivity contribution in [2.24, 2.45) is 0 Å². The molecule has 18 heavy (non-hydrogen) atoms. The van der Waals surface area contributed by atoms with Gasteiger partial charge in [0.1, 0.15) is 12.3 Å². The molecule has 0 spiro atoms. The van der Waals surface area contributed by atoms with E-state index in [1.54, 1.807) is 11.3 Å². The van der Waals surface area contributed by atoms with E-state index in [1.807, 2.05) is 22.6 Å². The number of ether oxygens (including phenoxy) is 1. The lowest BCUT2D eigenvalue weighted by atomic mass is 10.1. The fourth-order valence-corrected chi connectivity index (χ4v) is 3.24. The molecule has 2 N–H and O–H groups in total. The van der Waals surface area contributed by atoms with Crippen molar-refractivity contribution >= 4 is 23.1 Å². The smallest absolute Gasteiger partial charge is 0.137 e. The summed E-state index contributed by atoms with van der Waals surface area (Å²) < 4.78 is 5.64. The Morgan fingerprint density at radius 2 is 2.39 bits per heavy atom. The van der Waals surface area contributed by atoms with Crippen LogP contribution in [0.15, 0.2) is 24.2 Å². The second kappa shape index (κ2) is 4.51. The van der Waals surface area contributed by atoms with E-state index in [9.17, 15) is 5.11 Å². The quantitative estimate of drug-likeness (QED) is 0.850. The molecule has 0 aromatic carbocycles. The van der Waals surface area contributed by atoms with Gasteiger partial charge in [-0.05, 0) is 23.1 Å². The van der Waals surface area contributed by atoms with Crippen LogP contribution in [-0.2, 0) is 4.74 Å². The summed E-state index contributed by atoms with van der Waals surface area (Å²) in [6.45, 7) is 3.93. The minimum absolute atomic E-state index is 0.161. The van der Waals surface area contributed by atoms with E-state index >= 15 is 0 Å². The van der Waals surface area contributed by atoms with E-state index in [0.29, 0.717) is 6.42 Å². The van der Waals surface area contributed by atoms with Gasteiger partial charge in [-0.15, -0.1) is 11.3 Å². The molecule has 4 nitrogen and oxygen atoms in total. The lowest BCUT2D eigenvalue weighted by molar-refractivity contribution is -0.0505. The zero-order valence-electron chi connectivity index (χ0n) is 9.82. The van der Waals surface area contributed by atoms with E-state index in [4.69, 9.17) is 9.84 Å². The molecule has 1 aromatic heterocycles. The molecule has 3 heterocycles. The molecule has 0 radical (unpaired) electrons. The molecule has 3 rings (SSSR count). The van der Waals surface area contributed by atoms with Crippen molar-refractivity contribution in [1.29, 1.82) is 0 Å². The molecule has 96 valence electrons. The van der Waals surface area contributed by atoms with Gasteiger partial charge in [0.2, 0.25) is 0 Å². The standard InChI is InChI=1S/C13H15NO3S/c1-8-13-9(3-5-18-13)2-4-14(8)12-6-10(16)11(7-15)17-12/h2-5,10-12,15-16H,1,6-7H2/t10?,11-,12-/m1/s1. The number of hydrogen-bond donors (Lipinski definition) is 2. The molecule has 0 saturated carbocycles. The lowest BCUT2D eigenvalue weighted by Gasteiger charge is -2.31. The summed E-state index contributed by atoms with van der Waals surface area (Å²) in [5, 5.41) is 20.9. The summed E-state index contributed by atoms with van der Waals surface area (Å²) in [6, 6.07) is 2.06. The Hall–Kier alpha value is -1.14. The molecule has 1 aromatic rings. The molecule has 1 fully saturated rings. The highest BCUT2D eigenvalue weighted by Gasteiger charge is 2.37. The molecule has 3 atom stereocenters. The fraction of sp³-hybridized carbons (Fsp3) is 0.385. The van der Waals surface area contributed by atoms with Crippen LogP contribution < -0.4 is 0 Å². The van der Waals surface area contributed by atoms with Gasteiger partial charge in [0.05, 0.1) is 23.3 Å². The van der Waals surface area contributed by atoms with Crippen LogP contribution in [-0.4, -0.2) is 40.2 Å². The Balaban J connectivity index is 1.81. The predicted octanol–water partition coefficient (Wildman–Crippen LogP) is 1.47. The van der Waals surface area contributed by atoms with Crippen LogP contribution in [0.3, 0.4) is 0 Å². The third-order valence-corrected chi connectivity index (χ3v) is 4.36. The molecule has 1 unspecified atom stereocenters. The molecule has 1 saturated heterocycles. The Labute approximate surface area is 109 Å². The first kappa shape index (κ1) is 11.9. The SMILES string of the molecule is C=C1c2sccc2C=CN1[C@H]1CC(O)[C@@H](CO)O1. The van der Waals surface area contributed by atoms with E-state index in [1.165, 1.54) is 5.56 Å². The summed E-state index contributed by atoms with van der Waals surface area (Å²) in [5.74, 6) is 0. The molecule has 0 aliphatic carbocycles. The monoisotopic (exact) mass is 265 g/mol. The van der Waals surface area contributed by atoms with Crippen LogP contribution in [0.1, 0.15) is 16.9 Å². The van der Waals surface area contributed by atoms with Crippen LogP contribution in [0.2, 0.25) is 0 Å². The highest BCUT2D eigenvalue weighted by atomic mass is 32.1. The summed E-state index contributed by atoms with van der Waals surface area (Å²) in [6.07, 6.45) is 3.05. The predicted molar refractivity (Wildman–Crippen MR) is 70.6 cm³/mol. The second-order valence-corrected chi connectivity index (χ2v) is 5.41. The van der Waals surface area contributed by atoms with E-state index in [-0.39, 0.29) is 12.8 Å². The number of aliphatic hydroxyl groups excluding tert-OH is 2. The molecule has 0 bridgehead atoms. The van der Waals surface area contributed by atoms with Gasteiger partial charge in [0.25, 0.3) is 0 Å². The van der Waals surface area contributed by atoms with Gasteiger partial charge in [-0.25, -0.2) is 0 Å². The van der Waals surface area contributed by atoms with Crippen molar-refractivity contribution < 1.29 is 14.9 Å². The maximum Gasteiger partial charge on any atom is 0.137 e. The third-order valence-electron chi connectivity index (χ3n) is 3.38. The average molecular weight is 265 g/mol. The topological polar surface area (TPSA) is 52.9 Å². The highest BCUT2D eigenvalue weighted by Crippen LogP contribution is 2.36. The minimum atomic E-state index is -0.620. The number of nitrogens with zero attached hydrogens (tertiary/aromatic N) is 1. The van der Waals surface area contributed by atoms with Gasteiger partial charge < -0.3 is 19.8 Å². The van der Waals surface area contributed by atoms with Crippen molar-refractivity contribution in [2.45, 2.75) is 24.9 Å². The van der Waals surface area contributed by atoms with Gasteiger partial charge >= 0.3 is 0 Å². The zero-order chi connectivity index (χ0) is 12.7. The summed E-state index contributed by atoms with van der Waals surface area (Å²) in [7, 11) is 0. The molecule has 5 heteroatoms. The number of rotatable bonds is 2. The third kappa shape index (κ3) is 1.80. The minimum Gasteiger partial charge on any atom is -0.394 e. The van der Waals surface area contributed by atoms with Crippen LogP contribution in [0, 0.1) is 0 Å². The zero-order valence-corrected chi connectivity index (χ0v) is 10.6. The van der Waals surface area contributed by atoms with Gasteiger partial charge in [0.15, 0.2) is 0 Å². The Morgan fingerprint density at radius 3 is 3.11 bits per heavy atom. The highest BCUT2D eigenvalue weighted by molar-refractivity contribution is 7.11. The molecule has 2 aliphatic rings. The van der Waals surface area contributed by atoms with Crippen molar-refractivity contribution in [2.75, 3.05) is 6.61 Å². The van der Waals surface area contributed by atoms with Crippen LogP contribution in [0.4, 0.5) is 0 Å². The largest absolute Gasteiger partial charge is 0.394 e. The van der Waals surface area contributed by atoms with Crippen LogP contribution in [0.5, 0.6) is 0 Å². The summed E-state index contributed by atoms with van der Waals surface area (Å²) in [5.41, 5.74) is 2.05. The maximum atomic E-state index is 9.77. The summed E-state index contributed by atoms with van der Waals surface area (Å²) in [4.78, 5) is 3.06. The first-order chi connectivity index (χ1) is 8.70. The maximum absolute atomic E-state index is 9.77. The Bertz CT molecular complexity index is 496. The first-order valence-corrected chi connectivity index (χ1v) is 6.76. The van der Waals surface area contributed by atoms with E-state index in [0.717, 1.165) is 10.6 Å².